The van der Waals surface area contributed by atoms with Crippen LogP contribution in [0.15, 0.2) is 47.5 Å². The van der Waals surface area contributed by atoms with Gasteiger partial charge in [0, 0.05) is 28.9 Å². The molecule has 10 nitrogen and oxygen atoms in total. The van der Waals surface area contributed by atoms with Crippen LogP contribution in [0.2, 0.25) is 5.02 Å². The largest absolute Gasteiger partial charge is 0.453 e. The summed E-state index contributed by atoms with van der Waals surface area (Å²) in [7, 11) is 1.25. The van der Waals surface area contributed by atoms with E-state index in [0.717, 1.165) is 18.2 Å². The van der Waals surface area contributed by atoms with Crippen LogP contribution < -0.4 is 16.2 Å². The number of halogens is 3. The molecule has 13 heteroatoms. The van der Waals surface area contributed by atoms with Crippen molar-refractivity contribution in [3.05, 3.63) is 81.3 Å². The predicted molar refractivity (Wildman–Crippen MR) is 153 cm³/mol. The summed E-state index contributed by atoms with van der Waals surface area (Å²) in [6.45, 7) is 3.62. The van der Waals surface area contributed by atoms with Crippen LogP contribution in [-0.4, -0.2) is 38.6 Å². The van der Waals surface area contributed by atoms with E-state index in [1.54, 1.807) is 25.1 Å². The fraction of sp³-hybridized carbons (Fsp3) is 0.276. The van der Waals surface area contributed by atoms with Crippen LogP contribution in [0.4, 0.5) is 25.0 Å². The van der Waals surface area contributed by atoms with Crippen LogP contribution in [0.3, 0.4) is 0 Å². The number of imidazole rings is 1. The van der Waals surface area contributed by atoms with Gasteiger partial charge in [0.2, 0.25) is 5.91 Å². The van der Waals surface area contributed by atoms with Crippen molar-refractivity contribution in [3.8, 4) is 22.5 Å². The fourth-order valence-corrected chi connectivity index (χ4v) is 5.12. The molecule has 1 aliphatic rings. The van der Waals surface area contributed by atoms with Crippen LogP contribution in [-0.2, 0) is 9.53 Å². The van der Waals surface area contributed by atoms with Gasteiger partial charge in [0.15, 0.2) is 5.82 Å². The van der Waals surface area contributed by atoms with Crippen molar-refractivity contribution in [3.63, 3.8) is 0 Å². The average molecular weight is 597 g/mol. The molecule has 218 valence electrons. The maximum Gasteiger partial charge on any atom is 0.411 e. The maximum absolute atomic E-state index is 14.6. The number of nitrogens with zero attached hydrogens (tertiary/aromatic N) is 3. The Hall–Kier alpha value is -4.58. The Morgan fingerprint density at radius 2 is 1.95 bits per heavy atom. The monoisotopic (exact) mass is 596 g/mol. The fourth-order valence-electron chi connectivity index (χ4n) is 4.96. The maximum atomic E-state index is 14.6. The number of methoxy groups -OCH3 is 1. The second kappa shape index (κ2) is 11.7. The van der Waals surface area contributed by atoms with Crippen molar-refractivity contribution in [2.75, 3.05) is 17.7 Å². The number of aromatic nitrogens is 4. The highest BCUT2D eigenvalue weighted by molar-refractivity contribution is 6.31. The number of amides is 2. The Labute approximate surface area is 244 Å². The second-order valence-corrected chi connectivity index (χ2v) is 10.5. The first-order valence-electron chi connectivity index (χ1n) is 13.2. The molecule has 0 radical (unpaired) electrons. The number of carbonyl (C=O) groups is 2. The number of hydrogen-bond acceptors (Lipinski definition) is 6. The molecule has 2 amide bonds. The summed E-state index contributed by atoms with van der Waals surface area (Å²) in [5, 5.41) is 5.25. The number of fused-ring (bicyclic) bond motifs is 4. The minimum absolute atomic E-state index is 0.186. The zero-order valence-corrected chi connectivity index (χ0v) is 23.7. The number of carbonyl (C=O) groups excluding carboxylic acids is 2. The zero-order valence-electron chi connectivity index (χ0n) is 22.9. The van der Waals surface area contributed by atoms with Crippen LogP contribution >= 0.6 is 11.6 Å². The number of anilines is 2. The molecule has 2 atom stereocenters. The lowest BCUT2D eigenvalue weighted by atomic mass is 9.99. The molecule has 42 heavy (non-hydrogen) atoms. The van der Waals surface area contributed by atoms with Crippen molar-refractivity contribution < 1.29 is 23.1 Å². The molecule has 0 saturated carbocycles. The quantitative estimate of drug-likeness (QED) is 0.246. The summed E-state index contributed by atoms with van der Waals surface area (Å²) in [6, 6.07) is 7.55. The van der Waals surface area contributed by atoms with Crippen LogP contribution in [0.1, 0.15) is 43.7 Å². The van der Waals surface area contributed by atoms with Crippen molar-refractivity contribution in [1.29, 1.82) is 0 Å². The van der Waals surface area contributed by atoms with Gasteiger partial charge in [-0.2, -0.15) is 0 Å². The van der Waals surface area contributed by atoms with Gasteiger partial charge in [0.25, 0.3) is 5.56 Å². The van der Waals surface area contributed by atoms with E-state index in [0.29, 0.717) is 53.4 Å². The molecule has 0 saturated heterocycles. The summed E-state index contributed by atoms with van der Waals surface area (Å²) in [4.78, 5) is 50.5. The number of aromatic amines is 1. The molecule has 5 rings (SSSR count). The number of nitrogens with one attached hydrogen (secondary N) is 3. The van der Waals surface area contributed by atoms with Crippen molar-refractivity contribution >= 4 is 35.0 Å². The van der Waals surface area contributed by atoms with E-state index in [1.807, 2.05) is 6.92 Å². The molecule has 0 unspecified atom stereocenters. The summed E-state index contributed by atoms with van der Waals surface area (Å²) in [6.07, 6.45) is 2.07. The highest BCUT2D eigenvalue weighted by Gasteiger charge is 2.26. The average Bonchev–Trinajstić information content (AvgIpc) is 3.34. The number of rotatable bonds is 3. The van der Waals surface area contributed by atoms with Gasteiger partial charge < -0.3 is 15.0 Å². The van der Waals surface area contributed by atoms with Gasteiger partial charge >= 0.3 is 6.09 Å². The molecular formula is C29H27ClF2N6O4. The molecule has 4 aromatic rings. The second-order valence-electron chi connectivity index (χ2n) is 10.0. The Kier molecular flexibility index (Phi) is 8.08. The van der Waals surface area contributed by atoms with Crippen molar-refractivity contribution in [2.24, 2.45) is 5.92 Å². The van der Waals surface area contributed by atoms with Gasteiger partial charge in [-0.1, -0.05) is 24.9 Å². The Morgan fingerprint density at radius 3 is 2.69 bits per heavy atom. The van der Waals surface area contributed by atoms with E-state index < -0.39 is 34.9 Å². The van der Waals surface area contributed by atoms with E-state index in [1.165, 1.54) is 18.0 Å². The van der Waals surface area contributed by atoms with Crippen molar-refractivity contribution in [1.82, 2.24) is 19.5 Å². The molecule has 0 fully saturated rings. The normalized spacial score (nSPS) is 17.0. The van der Waals surface area contributed by atoms with Gasteiger partial charge in [-0.05, 0) is 50.1 Å². The predicted octanol–water partition coefficient (Wildman–Crippen LogP) is 6.07. The smallest absolute Gasteiger partial charge is 0.411 e. The van der Waals surface area contributed by atoms with Gasteiger partial charge in [-0.3, -0.25) is 19.5 Å². The lowest BCUT2D eigenvalue weighted by Gasteiger charge is -2.20. The molecule has 2 aromatic carbocycles. The first-order chi connectivity index (χ1) is 20.1. The summed E-state index contributed by atoms with van der Waals surface area (Å²) in [5.41, 5.74) is 1.43. The SMILES string of the molecule is COC(=O)Nc1ccc2c(c1)NC(=O)[C@H](C)CCC[C@H](n1cnc(-c3c(F)ccc(Cl)c3F)cc1=O)c1nc-2c(C)[nH]1. The van der Waals surface area contributed by atoms with Crippen LogP contribution in [0, 0.1) is 24.5 Å². The molecule has 0 spiro atoms. The number of ether oxygens (including phenoxy) is 1. The lowest BCUT2D eigenvalue weighted by molar-refractivity contribution is -0.119. The number of hydrogen-bond donors (Lipinski definition) is 3. The van der Waals surface area contributed by atoms with E-state index in [9.17, 15) is 23.2 Å². The first kappa shape index (κ1) is 28.9. The van der Waals surface area contributed by atoms with Gasteiger partial charge in [0.05, 0.1) is 47.1 Å². The minimum atomic E-state index is -1.01. The van der Waals surface area contributed by atoms with E-state index in [-0.39, 0.29) is 22.5 Å². The molecule has 2 aromatic heterocycles. The van der Waals surface area contributed by atoms with Gasteiger partial charge in [0.1, 0.15) is 11.6 Å². The Morgan fingerprint density at radius 1 is 1.17 bits per heavy atom. The van der Waals surface area contributed by atoms with Gasteiger partial charge in [-0.15, -0.1) is 0 Å². The topological polar surface area (TPSA) is 131 Å². The summed E-state index contributed by atoms with van der Waals surface area (Å²) >= 11 is 5.83. The minimum Gasteiger partial charge on any atom is -0.453 e. The van der Waals surface area contributed by atoms with E-state index in [2.05, 4.69) is 25.3 Å². The van der Waals surface area contributed by atoms with E-state index >= 15 is 0 Å². The third-order valence-electron chi connectivity index (χ3n) is 7.22. The molecule has 3 heterocycles. The molecule has 1 aliphatic heterocycles. The summed E-state index contributed by atoms with van der Waals surface area (Å²) in [5.74, 6) is -2.01. The Balaban J connectivity index is 1.59. The summed E-state index contributed by atoms with van der Waals surface area (Å²) < 4.78 is 35.1. The molecular weight excluding hydrogens is 570 g/mol. The van der Waals surface area contributed by atoms with Crippen molar-refractivity contribution in [2.45, 2.75) is 39.2 Å². The van der Waals surface area contributed by atoms with Crippen LogP contribution in [0.25, 0.3) is 22.5 Å². The molecule has 3 N–H and O–H groups in total. The first-order valence-corrected chi connectivity index (χ1v) is 13.5. The molecule has 0 aliphatic carbocycles. The highest BCUT2D eigenvalue weighted by atomic mass is 35.5. The molecule has 2 bridgehead atoms. The van der Waals surface area contributed by atoms with Gasteiger partial charge in [-0.25, -0.2) is 23.5 Å². The third-order valence-corrected chi connectivity index (χ3v) is 7.51. The number of aryl methyl sites for hydroxylation is 1. The third kappa shape index (κ3) is 5.62. The van der Waals surface area contributed by atoms with E-state index in [4.69, 9.17) is 16.6 Å². The van der Waals surface area contributed by atoms with Crippen LogP contribution in [0.5, 0.6) is 0 Å². The Bertz CT molecular complexity index is 1750. The lowest BCUT2D eigenvalue weighted by Crippen LogP contribution is -2.27. The number of benzene rings is 2. The zero-order chi connectivity index (χ0) is 30.1. The number of H-pyrrole nitrogens is 1. The highest BCUT2D eigenvalue weighted by Crippen LogP contribution is 2.35. The standard InChI is InChI=1S/C29H27ClF2N6O4/c1-14-5-4-6-22(38-13-33-21(12-23(38)39)24-19(31)10-9-18(30)25(24)32)27-34-15(2)26(37-27)17-8-7-16(35-29(41)42-3)11-20(17)36-28(14)40/h7-14,22H,4-6H2,1-3H3,(H,34,37)(H,35,41)(H,36,40)/t14-,22+/m1/s1.